The van der Waals surface area contributed by atoms with Crippen molar-refractivity contribution in [1.82, 2.24) is 9.97 Å². The minimum atomic E-state index is 0.754. The molecule has 1 aliphatic heterocycles. The second-order valence-corrected chi connectivity index (χ2v) is 5.69. The van der Waals surface area contributed by atoms with E-state index in [0.717, 1.165) is 41.4 Å². The van der Waals surface area contributed by atoms with Gasteiger partial charge in [-0.15, -0.1) is 0 Å². The van der Waals surface area contributed by atoms with E-state index in [1.807, 2.05) is 18.2 Å². The molecule has 0 saturated carbocycles. The maximum Gasteiger partial charge on any atom is 0.139 e. The van der Waals surface area contributed by atoms with E-state index in [-0.39, 0.29) is 0 Å². The highest BCUT2D eigenvalue weighted by molar-refractivity contribution is 5.91. The Hall–Kier alpha value is -1.84. The Morgan fingerprint density at radius 1 is 1.25 bits per heavy atom. The summed E-state index contributed by atoms with van der Waals surface area (Å²) in [5.74, 6) is 1.95. The Kier molecular flexibility index (Phi) is 3.72. The van der Waals surface area contributed by atoms with Crippen molar-refractivity contribution < 1.29 is 0 Å². The van der Waals surface area contributed by atoms with Gasteiger partial charge in [0.1, 0.15) is 12.1 Å². The zero-order valence-electron chi connectivity index (χ0n) is 12.0. The van der Waals surface area contributed by atoms with Crippen molar-refractivity contribution in [2.45, 2.75) is 32.6 Å². The lowest BCUT2D eigenvalue weighted by Crippen LogP contribution is -2.34. The third kappa shape index (κ3) is 2.55. The van der Waals surface area contributed by atoms with E-state index in [4.69, 9.17) is 5.73 Å². The number of benzene rings is 1. The molecule has 4 heteroatoms. The molecule has 0 radical (unpaired) electrons. The molecule has 0 spiro atoms. The number of nitrogens with zero attached hydrogens (tertiary/aromatic N) is 3. The number of nitrogens with two attached hydrogens (primary N) is 1. The van der Waals surface area contributed by atoms with Gasteiger partial charge in [0.25, 0.3) is 0 Å². The van der Waals surface area contributed by atoms with Crippen LogP contribution in [0.5, 0.6) is 0 Å². The molecular formula is C16H22N4. The van der Waals surface area contributed by atoms with Gasteiger partial charge >= 0.3 is 0 Å². The lowest BCUT2D eigenvalue weighted by molar-refractivity contribution is 0.377. The minimum absolute atomic E-state index is 0.754. The Balaban J connectivity index is 1.84. The number of anilines is 2. The molecule has 0 aliphatic carbocycles. The molecule has 106 valence electrons. The zero-order valence-corrected chi connectivity index (χ0v) is 12.0. The lowest BCUT2D eigenvalue weighted by atomic mass is 9.92. The van der Waals surface area contributed by atoms with Crippen LogP contribution in [-0.2, 0) is 0 Å². The molecule has 1 fully saturated rings. The number of nitrogen functional groups attached to an aromatic ring is 1. The number of piperidine rings is 1. The van der Waals surface area contributed by atoms with Crippen molar-refractivity contribution in [2.75, 3.05) is 23.7 Å². The van der Waals surface area contributed by atoms with E-state index >= 15 is 0 Å². The van der Waals surface area contributed by atoms with Crippen LogP contribution < -0.4 is 10.6 Å². The first-order valence-electron chi connectivity index (χ1n) is 7.53. The van der Waals surface area contributed by atoms with Crippen LogP contribution in [0.2, 0.25) is 0 Å². The van der Waals surface area contributed by atoms with E-state index in [9.17, 15) is 0 Å². The molecule has 2 N–H and O–H groups in total. The number of fused-ring (bicyclic) bond motifs is 1. The van der Waals surface area contributed by atoms with Crippen LogP contribution in [0.4, 0.5) is 11.5 Å². The fourth-order valence-electron chi connectivity index (χ4n) is 3.15. The van der Waals surface area contributed by atoms with Crippen LogP contribution in [0.15, 0.2) is 24.5 Å². The predicted molar refractivity (Wildman–Crippen MR) is 83.8 cm³/mol. The lowest BCUT2D eigenvalue weighted by Gasteiger charge is -2.33. The average Bonchev–Trinajstić information content (AvgIpc) is 2.47. The number of hydrogen-bond acceptors (Lipinski definition) is 4. The average molecular weight is 270 g/mol. The molecule has 0 unspecified atom stereocenters. The summed E-state index contributed by atoms with van der Waals surface area (Å²) in [4.78, 5) is 11.2. The van der Waals surface area contributed by atoms with Crippen LogP contribution in [0.25, 0.3) is 10.9 Å². The largest absolute Gasteiger partial charge is 0.399 e. The molecule has 1 aromatic heterocycles. The molecule has 2 aromatic rings. The summed E-state index contributed by atoms with van der Waals surface area (Å²) in [6.45, 7) is 4.47. The second-order valence-electron chi connectivity index (χ2n) is 5.69. The topological polar surface area (TPSA) is 55.0 Å². The summed E-state index contributed by atoms with van der Waals surface area (Å²) < 4.78 is 0. The third-order valence-electron chi connectivity index (χ3n) is 4.25. The van der Waals surface area contributed by atoms with E-state index in [1.54, 1.807) is 6.33 Å². The summed E-state index contributed by atoms with van der Waals surface area (Å²) in [5.41, 5.74) is 7.52. The first-order chi connectivity index (χ1) is 9.78. The summed E-state index contributed by atoms with van der Waals surface area (Å²) >= 11 is 0. The molecule has 0 bridgehead atoms. The fraction of sp³-hybridized carbons (Fsp3) is 0.500. The maximum absolute atomic E-state index is 5.83. The van der Waals surface area contributed by atoms with Gasteiger partial charge in [-0.2, -0.15) is 0 Å². The van der Waals surface area contributed by atoms with Crippen molar-refractivity contribution in [3.63, 3.8) is 0 Å². The monoisotopic (exact) mass is 270 g/mol. The molecule has 1 aliphatic rings. The van der Waals surface area contributed by atoms with Crippen LogP contribution in [-0.4, -0.2) is 23.1 Å². The summed E-state index contributed by atoms with van der Waals surface area (Å²) in [7, 11) is 0. The molecule has 1 aromatic carbocycles. The Morgan fingerprint density at radius 3 is 2.80 bits per heavy atom. The second kappa shape index (κ2) is 5.65. The van der Waals surface area contributed by atoms with Crippen LogP contribution in [0, 0.1) is 5.92 Å². The molecule has 0 atom stereocenters. The molecule has 2 heterocycles. The first-order valence-corrected chi connectivity index (χ1v) is 7.53. The van der Waals surface area contributed by atoms with Crippen molar-refractivity contribution in [2.24, 2.45) is 5.92 Å². The summed E-state index contributed by atoms with van der Waals surface area (Å²) in [6, 6.07) is 5.89. The highest BCUT2D eigenvalue weighted by Crippen LogP contribution is 2.29. The van der Waals surface area contributed by atoms with Crippen LogP contribution in [0.1, 0.15) is 32.6 Å². The highest BCUT2D eigenvalue weighted by Gasteiger charge is 2.20. The molecule has 20 heavy (non-hydrogen) atoms. The van der Waals surface area contributed by atoms with Gasteiger partial charge in [-0.1, -0.05) is 19.8 Å². The van der Waals surface area contributed by atoms with Gasteiger partial charge in [0.05, 0.1) is 5.52 Å². The van der Waals surface area contributed by atoms with Crippen molar-refractivity contribution in [1.29, 1.82) is 0 Å². The van der Waals surface area contributed by atoms with Gasteiger partial charge in [-0.3, -0.25) is 0 Å². The summed E-state index contributed by atoms with van der Waals surface area (Å²) in [5, 5.41) is 1.11. The molecule has 4 nitrogen and oxygen atoms in total. The van der Waals surface area contributed by atoms with E-state index in [1.165, 1.54) is 25.7 Å². The highest BCUT2D eigenvalue weighted by atomic mass is 15.2. The van der Waals surface area contributed by atoms with E-state index < -0.39 is 0 Å². The summed E-state index contributed by atoms with van der Waals surface area (Å²) in [6.07, 6.45) is 6.84. The Labute approximate surface area is 120 Å². The van der Waals surface area contributed by atoms with E-state index in [0.29, 0.717) is 0 Å². The van der Waals surface area contributed by atoms with Crippen LogP contribution in [0.3, 0.4) is 0 Å². The standard InChI is InChI=1S/C16H22N4/c1-2-3-12-6-8-20(9-7-12)16-14-5-4-13(17)10-15(14)18-11-19-16/h4-5,10-12H,2-3,6-9,17H2,1H3. The quantitative estimate of drug-likeness (QED) is 0.870. The minimum Gasteiger partial charge on any atom is -0.399 e. The van der Waals surface area contributed by atoms with Crippen molar-refractivity contribution >= 4 is 22.4 Å². The van der Waals surface area contributed by atoms with E-state index in [2.05, 4.69) is 21.8 Å². The van der Waals surface area contributed by atoms with Gasteiger partial charge in [0.15, 0.2) is 0 Å². The molecule has 3 rings (SSSR count). The van der Waals surface area contributed by atoms with Gasteiger partial charge in [-0.25, -0.2) is 9.97 Å². The van der Waals surface area contributed by atoms with Gasteiger partial charge < -0.3 is 10.6 Å². The van der Waals surface area contributed by atoms with Gasteiger partial charge in [0, 0.05) is 24.2 Å². The number of aromatic nitrogens is 2. The smallest absolute Gasteiger partial charge is 0.139 e. The van der Waals surface area contributed by atoms with Gasteiger partial charge in [-0.05, 0) is 37.0 Å². The SMILES string of the molecule is CCCC1CCN(c2ncnc3cc(N)ccc23)CC1. The Morgan fingerprint density at radius 2 is 2.05 bits per heavy atom. The number of rotatable bonds is 3. The predicted octanol–water partition coefficient (Wildman–Crippen LogP) is 3.23. The molecule has 1 saturated heterocycles. The fourth-order valence-corrected chi connectivity index (χ4v) is 3.15. The molecular weight excluding hydrogens is 248 g/mol. The third-order valence-corrected chi connectivity index (χ3v) is 4.25. The number of hydrogen-bond donors (Lipinski definition) is 1. The maximum atomic E-state index is 5.83. The molecule has 0 amide bonds. The van der Waals surface area contributed by atoms with Crippen molar-refractivity contribution in [3.8, 4) is 0 Å². The van der Waals surface area contributed by atoms with Crippen molar-refractivity contribution in [3.05, 3.63) is 24.5 Å². The van der Waals surface area contributed by atoms with Gasteiger partial charge in [0.2, 0.25) is 0 Å². The Bertz CT molecular complexity index is 588. The first kappa shape index (κ1) is 13.2. The normalized spacial score (nSPS) is 16.8. The van der Waals surface area contributed by atoms with Crippen LogP contribution >= 0.6 is 0 Å². The zero-order chi connectivity index (χ0) is 13.9.